The van der Waals surface area contributed by atoms with Crippen LogP contribution < -0.4 is 10.5 Å². The van der Waals surface area contributed by atoms with Crippen molar-refractivity contribution in [2.75, 3.05) is 0 Å². The van der Waals surface area contributed by atoms with Crippen LogP contribution in [0.5, 0.6) is 5.88 Å². The zero-order valence-corrected chi connectivity index (χ0v) is 19.4. The van der Waals surface area contributed by atoms with Gasteiger partial charge in [0.2, 0.25) is 11.8 Å². The van der Waals surface area contributed by atoms with Crippen molar-refractivity contribution in [3.05, 3.63) is 107 Å². The first-order valence-corrected chi connectivity index (χ1v) is 11.2. The fraction of sp³-hybridized carbons (Fsp3) is 0.222. The van der Waals surface area contributed by atoms with E-state index in [1.54, 1.807) is 12.5 Å². The average molecular weight is 451 g/mol. The summed E-state index contributed by atoms with van der Waals surface area (Å²) in [5, 5.41) is 15.0. The summed E-state index contributed by atoms with van der Waals surface area (Å²) in [6.45, 7) is 6.22. The lowest BCUT2D eigenvalue weighted by atomic mass is 9.83. The van der Waals surface area contributed by atoms with Gasteiger partial charge in [-0.25, -0.2) is 9.67 Å². The van der Waals surface area contributed by atoms with E-state index in [1.807, 2.05) is 57.9 Å². The van der Waals surface area contributed by atoms with Crippen LogP contribution in [-0.2, 0) is 12.0 Å². The van der Waals surface area contributed by atoms with Gasteiger partial charge in [-0.2, -0.15) is 10.4 Å². The van der Waals surface area contributed by atoms with Gasteiger partial charge in [0.1, 0.15) is 11.6 Å². The van der Waals surface area contributed by atoms with Gasteiger partial charge in [-0.1, -0.05) is 42.5 Å². The van der Waals surface area contributed by atoms with E-state index in [2.05, 4.69) is 44.0 Å². The molecule has 2 aromatic heterocycles. The second-order valence-electron chi connectivity index (χ2n) is 9.40. The Morgan fingerprint density at radius 1 is 1.09 bits per heavy atom. The van der Waals surface area contributed by atoms with Gasteiger partial charge in [-0.3, -0.25) is 0 Å². The molecule has 7 heteroatoms. The first-order valence-electron chi connectivity index (χ1n) is 11.2. The lowest BCUT2D eigenvalue weighted by Gasteiger charge is -2.28. The standard InChI is InChI=1S/C27H26N6O/c1-27(2,3)33-26-24(22(31-33)15-18-7-5-4-6-8-18)23(21(16-28)25(29)34-26)19-9-11-20(12-10-19)32-14-13-30-17-32/h4-14,17,23H,15,29H2,1-3H3. The molecule has 2 N–H and O–H groups in total. The van der Waals surface area contributed by atoms with Gasteiger partial charge in [0.05, 0.1) is 29.0 Å². The van der Waals surface area contributed by atoms with E-state index in [-0.39, 0.29) is 17.3 Å². The Bertz CT molecular complexity index is 1380. The topological polar surface area (TPSA) is 94.7 Å². The molecule has 0 spiro atoms. The van der Waals surface area contributed by atoms with Crippen LogP contribution in [0.1, 0.15) is 49.1 Å². The van der Waals surface area contributed by atoms with E-state index in [0.29, 0.717) is 17.9 Å². The molecule has 1 unspecified atom stereocenters. The predicted octanol–water partition coefficient (Wildman–Crippen LogP) is 4.63. The number of aromatic nitrogens is 4. The van der Waals surface area contributed by atoms with Crippen LogP contribution in [0, 0.1) is 11.3 Å². The highest BCUT2D eigenvalue weighted by atomic mass is 16.5. The van der Waals surface area contributed by atoms with Gasteiger partial charge in [0.25, 0.3) is 0 Å². The van der Waals surface area contributed by atoms with Crippen LogP contribution in [0.25, 0.3) is 5.69 Å². The van der Waals surface area contributed by atoms with Crippen LogP contribution in [0.3, 0.4) is 0 Å². The Balaban J connectivity index is 1.68. The molecule has 170 valence electrons. The monoisotopic (exact) mass is 450 g/mol. The fourth-order valence-corrected chi connectivity index (χ4v) is 4.37. The maximum absolute atomic E-state index is 10.1. The molecule has 5 rings (SSSR count). The van der Waals surface area contributed by atoms with Crippen molar-refractivity contribution < 1.29 is 4.74 Å². The van der Waals surface area contributed by atoms with Crippen LogP contribution in [0.2, 0.25) is 0 Å². The van der Waals surface area contributed by atoms with Crippen molar-refractivity contribution in [3.8, 4) is 17.6 Å². The number of allylic oxidation sites excluding steroid dienone is 1. The van der Waals surface area contributed by atoms with E-state index >= 15 is 0 Å². The third kappa shape index (κ3) is 3.73. The van der Waals surface area contributed by atoms with E-state index < -0.39 is 0 Å². The number of hydrogen-bond donors (Lipinski definition) is 1. The summed E-state index contributed by atoms with van der Waals surface area (Å²) in [5.41, 5.74) is 11.2. The second-order valence-corrected chi connectivity index (χ2v) is 9.40. The Morgan fingerprint density at radius 2 is 1.82 bits per heavy atom. The lowest BCUT2D eigenvalue weighted by Crippen LogP contribution is -2.27. The molecule has 1 atom stereocenters. The van der Waals surface area contributed by atoms with Gasteiger partial charge >= 0.3 is 0 Å². The highest BCUT2D eigenvalue weighted by molar-refractivity contribution is 5.57. The molecule has 0 fully saturated rings. The zero-order chi connectivity index (χ0) is 23.9. The normalized spacial score (nSPS) is 15.5. The first-order chi connectivity index (χ1) is 16.4. The van der Waals surface area contributed by atoms with Crippen molar-refractivity contribution in [2.24, 2.45) is 5.73 Å². The SMILES string of the molecule is CC(C)(C)n1nc(Cc2ccccc2)c2c1OC(N)=C(C#N)C2c1ccc(-n2ccnc2)cc1. The van der Waals surface area contributed by atoms with Crippen LogP contribution in [0.15, 0.2) is 84.8 Å². The first kappa shape index (κ1) is 21.5. The minimum absolute atomic E-state index is 0.121. The number of ether oxygens (including phenoxy) is 1. The molecule has 0 saturated heterocycles. The molecule has 4 aromatic rings. The minimum atomic E-state index is -0.375. The van der Waals surface area contributed by atoms with Gasteiger partial charge in [0, 0.05) is 24.5 Å². The second kappa shape index (κ2) is 8.23. The average Bonchev–Trinajstić information content (AvgIpc) is 3.48. The molecule has 2 aromatic carbocycles. The van der Waals surface area contributed by atoms with E-state index in [9.17, 15) is 5.26 Å². The molecule has 3 heterocycles. The fourth-order valence-electron chi connectivity index (χ4n) is 4.37. The molecule has 0 aliphatic carbocycles. The third-order valence-corrected chi connectivity index (χ3v) is 6.00. The number of nitrogens with two attached hydrogens (primary N) is 1. The maximum Gasteiger partial charge on any atom is 0.224 e. The predicted molar refractivity (Wildman–Crippen MR) is 129 cm³/mol. The van der Waals surface area contributed by atoms with E-state index in [1.165, 1.54) is 0 Å². The number of nitrogens with zero attached hydrogens (tertiary/aromatic N) is 5. The molecule has 0 radical (unpaired) electrons. The lowest BCUT2D eigenvalue weighted by molar-refractivity contribution is 0.277. The number of nitriles is 1. The number of fused-ring (bicyclic) bond motifs is 1. The van der Waals surface area contributed by atoms with Gasteiger partial charge in [-0.05, 0) is 44.0 Å². The van der Waals surface area contributed by atoms with Crippen LogP contribution >= 0.6 is 0 Å². The number of rotatable bonds is 4. The summed E-state index contributed by atoms with van der Waals surface area (Å²) in [5.74, 6) is 0.342. The molecule has 0 saturated carbocycles. The Kier molecular flexibility index (Phi) is 5.21. The molecular weight excluding hydrogens is 424 g/mol. The summed E-state index contributed by atoms with van der Waals surface area (Å²) >= 11 is 0. The molecule has 0 amide bonds. The summed E-state index contributed by atoms with van der Waals surface area (Å²) in [7, 11) is 0. The quantitative estimate of drug-likeness (QED) is 0.489. The van der Waals surface area contributed by atoms with Gasteiger partial charge in [-0.15, -0.1) is 0 Å². The summed E-state index contributed by atoms with van der Waals surface area (Å²) in [6.07, 6.45) is 6.02. The Hall–Kier alpha value is -4.31. The Labute approximate surface area is 198 Å². The van der Waals surface area contributed by atoms with E-state index in [0.717, 1.165) is 28.1 Å². The van der Waals surface area contributed by atoms with Crippen molar-refractivity contribution >= 4 is 0 Å². The van der Waals surface area contributed by atoms with Crippen molar-refractivity contribution in [1.82, 2.24) is 19.3 Å². The molecule has 1 aliphatic rings. The molecular formula is C27H26N6O. The van der Waals surface area contributed by atoms with Gasteiger partial charge < -0.3 is 15.0 Å². The largest absolute Gasteiger partial charge is 0.422 e. The highest BCUT2D eigenvalue weighted by Gasteiger charge is 2.38. The van der Waals surface area contributed by atoms with Crippen molar-refractivity contribution in [1.29, 1.82) is 5.26 Å². The molecule has 7 nitrogen and oxygen atoms in total. The highest BCUT2D eigenvalue weighted by Crippen LogP contribution is 2.46. The zero-order valence-electron chi connectivity index (χ0n) is 19.4. The number of hydrogen-bond acceptors (Lipinski definition) is 5. The molecule has 34 heavy (non-hydrogen) atoms. The van der Waals surface area contributed by atoms with Gasteiger partial charge in [0.15, 0.2) is 0 Å². The van der Waals surface area contributed by atoms with E-state index in [4.69, 9.17) is 15.6 Å². The van der Waals surface area contributed by atoms with Crippen LogP contribution in [0.4, 0.5) is 0 Å². The van der Waals surface area contributed by atoms with Crippen LogP contribution in [-0.4, -0.2) is 19.3 Å². The van der Waals surface area contributed by atoms with Crippen molar-refractivity contribution in [3.63, 3.8) is 0 Å². The minimum Gasteiger partial charge on any atom is -0.422 e. The number of imidazole rings is 1. The smallest absolute Gasteiger partial charge is 0.224 e. The summed E-state index contributed by atoms with van der Waals surface area (Å²) in [6, 6.07) is 20.6. The Morgan fingerprint density at radius 3 is 2.44 bits per heavy atom. The molecule has 0 bridgehead atoms. The number of benzene rings is 2. The third-order valence-electron chi connectivity index (χ3n) is 6.00. The summed E-state index contributed by atoms with van der Waals surface area (Å²) < 4.78 is 9.89. The molecule has 1 aliphatic heterocycles. The van der Waals surface area contributed by atoms with Crippen molar-refractivity contribution in [2.45, 2.75) is 38.6 Å². The maximum atomic E-state index is 10.1. The summed E-state index contributed by atoms with van der Waals surface area (Å²) in [4.78, 5) is 4.12.